The lowest BCUT2D eigenvalue weighted by Gasteiger charge is -2.22. The number of anilines is 3. The van der Waals surface area contributed by atoms with E-state index in [1.165, 1.54) is 0 Å². The van der Waals surface area contributed by atoms with Crippen molar-refractivity contribution in [2.24, 2.45) is 0 Å². The van der Waals surface area contributed by atoms with E-state index in [9.17, 15) is 18.4 Å². The number of hydrogen-bond donors (Lipinski definition) is 3. The van der Waals surface area contributed by atoms with Crippen molar-refractivity contribution in [1.82, 2.24) is 5.32 Å². The minimum absolute atomic E-state index is 0.280. The van der Waals surface area contributed by atoms with Gasteiger partial charge in [0.25, 0.3) is 5.91 Å². The third-order valence-electron chi connectivity index (χ3n) is 5.72. The molecule has 35 heavy (non-hydrogen) atoms. The van der Waals surface area contributed by atoms with Gasteiger partial charge in [0, 0.05) is 31.3 Å². The fourth-order valence-electron chi connectivity index (χ4n) is 3.95. The van der Waals surface area contributed by atoms with E-state index in [0.29, 0.717) is 23.5 Å². The second-order valence-electron chi connectivity index (χ2n) is 8.16. The standard InChI is InChI=1S/C26H26F2N4O3/c1-35-20-6-4-5-17(13-20)16-29-25(33)18-7-10-24(32-11-2-3-12-32)23(14-18)31-26(34)30-22-15-19(27)8-9-21(22)28/h4-10,13-15H,2-3,11-12,16H2,1H3,(H,29,33)(H2,30,31,34). The van der Waals surface area contributed by atoms with Crippen molar-refractivity contribution in [3.8, 4) is 5.75 Å². The highest BCUT2D eigenvalue weighted by Gasteiger charge is 2.19. The molecule has 0 spiro atoms. The molecular formula is C26H26F2N4O3. The smallest absolute Gasteiger partial charge is 0.323 e. The van der Waals surface area contributed by atoms with Gasteiger partial charge >= 0.3 is 6.03 Å². The Morgan fingerprint density at radius 3 is 2.49 bits per heavy atom. The van der Waals surface area contributed by atoms with Crippen LogP contribution in [0.4, 0.5) is 30.6 Å². The molecule has 0 aromatic heterocycles. The van der Waals surface area contributed by atoms with Gasteiger partial charge in [0.15, 0.2) is 0 Å². The van der Waals surface area contributed by atoms with Crippen LogP contribution in [0, 0.1) is 11.6 Å². The molecule has 0 saturated carbocycles. The molecule has 1 saturated heterocycles. The minimum atomic E-state index is -0.757. The van der Waals surface area contributed by atoms with Crippen LogP contribution in [-0.2, 0) is 6.54 Å². The van der Waals surface area contributed by atoms with Crippen LogP contribution >= 0.6 is 0 Å². The molecule has 3 amide bonds. The average molecular weight is 481 g/mol. The van der Waals surface area contributed by atoms with E-state index in [1.807, 2.05) is 24.3 Å². The zero-order valence-corrected chi connectivity index (χ0v) is 19.2. The monoisotopic (exact) mass is 480 g/mol. The molecule has 1 heterocycles. The number of hydrogen-bond acceptors (Lipinski definition) is 4. The third-order valence-corrected chi connectivity index (χ3v) is 5.72. The number of ether oxygens (including phenoxy) is 1. The average Bonchev–Trinajstić information content (AvgIpc) is 3.39. The first kappa shape index (κ1) is 24.0. The van der Waals surface area contributed by atoms with Crippen LogP contribution in [0.15, 0.2) is 60.7 Å². The summed E-state index contributed by atoms with van der Waals surface area (Å²) in [4.78, 5) is 27.6. The molecule has 0 radical (unpaired) electrons. The number of halogens is 2. The maximum absolute atomic E-state index is 14.0. The second-order valence-corrected chi connectivity index (χ2v) is 8.16. The molecule has 0 aliphatic carbocycles. The number of rotatable bonds is 7. The normalized spacial score (nSPS) is 12.8. The number of carbonyl (C=O) groups excluding carboxylic acids is 2. The Morgan fingerprint density at radius 2 is 1.71 bits per heavy atom. The van der Waals surface area contributed by atoms with Gasteiger partial charge in [-0.1, -0.05) is 12.1 Å². The topological polar surface area (TPSA) is 82.7 Å². The lowest BCUT2D eigenvalue weighted by Crippen LogP contribution is -2.26. The Hall–Kier alpha value is -4.14. The number of urea groups is 1. The van der Waals surface area contributed by atoms with Gasteiger partial charge in [-0.3, -0.25) is 4.79 Å². The fourth-order valence-corrected chi connectivity index (χ4v) is 3.95. The molecule has 182 valence electrons. The Balaban J connectivity index is 1.51. The van der Waals surface area contributed by atoms with Crippen LogP contribution in [0.3, 0.4) is 0 Å². The van der Waals surface area contributed by atoms with E-state index in [-0.39, 0.29) is 11.6 Å². The SMILES string of the molecule is COc1cccc(CNC(=O)c2ccc(N3CCCC3)c(NC(=O)Nc3cc(F)ccc3F)c2)c1. The van der Waals surface area contributed by atoms with E-state index in [1.54, 1.807) is 25.3 Å². The molecule has 3 N–H and O–H groups in total. The van der Waals surface area contributed by atoms with Crippen LogP contribution in [0.25, 0.3) is 0 Å². The molecule has 3 aromatic rings. The van der Waals surface area contributed by atoms with Crippen LogP contribution in [-0.4, -0.2) is 32.1 Å². The molecule has 0 atom stereocenters. The number of nitrogens with one attached hydrogen (secondary N) is 3. The van der Waals surface area contributed by atoms with Crippen molar-refractivity contribution in [2.75, 3.05) is 35.7 Å². The summed E-state index contributed by atoms with van der Waals surface area (Å²) in [5, 5.41) is 7.88. The Kier molecular flexibility index (Phi) is 7.45. The van der Waals surface area contributed by atoms with Crippen LogP contribution in [0.1, 0.15) is 28.8 Å². The minimum Gasteiger partial charge on any atom is -0.497 e. The predicted molar refractivity (Wildman–Crippen MR) is 131 cm³/mol. The number of benzene rings is 3. The van der Waals surface area contributed by atoms with Gasteiger partial charge in [-0.15, -0.1) is 0 Å². The summed E-state index contributed by atoms with van der Waals surface area (Å²) < 4.78 is 32.6. The third kappa shape index (κ3) is 6.06. The van der Waals surface area contributed by atoms with Crippen molar-refractivity contribution in [3.63, 3.8) is 0 Å². The molecule has 1 aliphatic heterocycles. The van der Waals surface area contributed by atoms with Crippen molar-refractivity contribution >= 4 is 29.0 Å². The van der Waals surface area contributed by atoms with Gasteiger partial charge in [-0.2, -0.15) is 0 Å². The summed E-state index contributed by atoms with van der Waals surface area (Å²) >= 11 is 0. The summed E-state index contributed by atoms with van der Waals surface area (Å²) in [5.74, 6) is -1.06. The molecule has 0 bridgehead atoms. The molecule has 1 aliphatic rings. The van der Waals surface area contributed by atoms with E-state index >= 15 is 0 Å². The molecule has 1 fully saturated rings. The van der Waals surface area contributed by atoms with Crippen molar-refractivity contribution in [2.45, 2.75) is 19.4 Å². The highest BCUT2D eigenvalue weighted by atomic mass is 19.1. The van der Waals surface area contributed by atoms with E-state index in [0.717, 1.165) is 55.4 Å². The lowest BCUT2D eigenvalue weighted by molar-refractivity contribution is 0.0951. The van der Waals surface area contributed by atoms with Gasteiger partial charge < -0.3 is 25.6 Å². The predicted octanol–water partition coefficient (Wildman–Crippen LogP) is 5.15. The first-order valence-electron chi connectivity index (χ1n) is 11.3. The fraction of sp³-hybridized carbons (Fsp3) is 0.231. The molecule has 7 nitrogen and oxygen atoms in total. The second kappa shape index (κ2) is 10.9. The van der Waals surface area contributed by atoms with Gasteiger partial charge in [-0.25, -0.2) is 13.6 Å². The van der Waals surface area contributed by atoms with Crippen LogP contribution < -0.4 is 25.6 Å². The van der Waals surface area contributed by atoms with Crippen molar-refractivity contribution in [3.05, 3.63) is 83.4 Å². The van der Waals surface area contributed by atoms with Gasteiger partial charge in [0.05, 0.1) is 24.2 Å². The Bertz CT molecular complexity index is 1230. The first-order chi connectivity index (χ1) is 16.9. The highest BCUT2D eigenvalue weighted by Crippen LogP contribution is 2.30. The highest BCUT2D eigenvalue weighted by molar-refractivity contribution is 6.04. The molecule has 9 heteroatoms. The lowest BCUT2D eigenvalue weighted by atomic mass is 10.1. The number of nitrogens with zero attached hydrogens (tertiary/aromatic N) is 1. The maximum Gasteiger partial charge on any atom is 0.323 e. The summed E-state index contributed by atoms with van der Waals surface area (Å²) in [7, 11) is 1.58. The van der Waals surface area contributed by atoms with Crippen molar-refractivity contribution in [1.29, 1.82) is 0 Å². The Labute approximate surface area is 202 Å². The summed E-state index contributed by atoms with van der Waals surface area (Å²) in [6.07, 6.45) is 2.03. The quantitative estimate of drug-likeness (QED) is 0.437. The van der Waals surface area contributed by atoms with E-state index < -0.39 is 17.7 Å². The van der Waals surface area contributed by atoms with Gasteiger partial charge in [0.2, 0.25) is 0 Å². The summed E-state index contributed by atoms with van der Waals surface area (Å²) in [6, 6.07) is 14.5. The van der Waals surface area contributed by atoms with Crippen LogP contribution in [0.5, 0.6) is 5.75 Å². The van der Waals surface area contributed by atoms with Crippen molar-refractivity contribution < 1.29 is 23.1 Å². The largest absolute Gasteiger partial charge is 0.497 e. The molecule has 4 rings (SSSR count). The molecule has 3 aromatic carbocycles. The zero-order valence-electron chi connectivity index (χ0n) is 19.2. The Morgan fingerprint density at radius 1 is 0.943 bits per heavy atom. The van der Waals surface area contributed by atoms with E-state index in [2.05, 4.69) is 20.9 Å². The zero-order chi connectivity index (χ0) is 24.8. The molecular weight excluding hydrogens is 454 g/mol. The maximum atomic E-state index is 14.0. The number of carbonyl (C=O) groups is 2. The van der Waals surface area contributed by atoms with E-state index in [4.69, 9.17) is 4.74 Å². The summed E-state index contributed by atoms with van der Waals surface area (Å²) in [5.41, 5.74) is 2.10. The van der Waals surface area contributed by atoms with Gasteiger partial charge in [0.1, 0.15) is 17.4 Å². The first-order valence-corrected chi connectivity index (χ1v) is 11.3. The van der Waals surface area contributed by atoms with Crippen LogP contribution in [0.2, 0.25) is 0 Å². The number of methoxy groups -OCH3 is 1. The number of amides is 3. The van der Waals surface area contributed by atoms with Gasteiger partial charge in [-0.05, 0) is 60.9 Å². The molecule has 0 unspecified atom stereocenters. The summed E-state index contributed by atoms with van der Waals surface area (Å²) in [6.45, 7) is 1.93.